The van der Waals surface area contributed by atoms with Crippen LogP contribution in [0.4, 0.5) is 13.6 Å². The highest BCUT2D eigenvalue weighted by Crippen LogP contribution is 2.22. The number of aromatic nitrogens is 3. The molecule has 1 aliphatic heterocycles. The van der Waals surface area contributed by atoms with Gasteiger partial charge in [0.25, 0.3) is 0 Å². The molecule has 0 bridgehead atoms. The van der Waals surface area contributed by atoms with Gasteiger partial charge in [-0.25, -0.2) is 23.5 Å². The second-order valence-corrected chi connectivity index (χ2v) is 8.24. The summed E-state index contributed by atoms with van der Waals surface area (Å²) in [5.41, 5.74) is 2.95. The Morgan fingerprint density at radius 1 is 0.941 bits per heavy atom. The van der Waals surface area contributed by atoms with Crippen LogP contribution in [0.5, 0.6) is 0 Å². The number of imidazole rings is 1. The van der Waals surface area contributed by atoms with Crippen LogP contribution in [0.3, 0.4) is 0 Å². The second-order valence-electron chi connectivity index (χ2n) is 8.24. The molecule has 4 aromatic rings. The van der Waals surface area contributed by atoms with E-state index in [9.17, 15) is 13.6 Å². The number of piperazine rings is 1. The average molecular weight is 463 g/mol. The summed E-state index contributed by atoms with van der Waals surface area (Å²) in [5.74, 6) is 0.155. The molecule has 5 rings (SSSR count). The van der Waals surface area contributed by atoms with Crippen molar-refractivity contribution in [2.45, 2.75) is 13.1 Å². The first-order chi connectivity index (χ1) is 16.6. The number of benzene rings is 2. The summed E-state index contributed by atoms with van der Waals surface area (Å²) < 4.78 is 28.9. The number of carbonyl (C=O) groups is 1. The normalized spacial score (nSPS) is 14.5. The van der Waals surface area contributed by atoms with Crippen LogP contribution in [0.15, 0.2) is 66.9 Å². The molecular weight excluding hydrogens is 438 g/mol. The first-order valence-electron chi connectivity index (χ1n) is 11.1. The molecule has 1 saturated heterocycles. The Labute approximate surface area is 195 Å². The molecule has 1 N–H and O–H groups in total. The molecule has 174 valence electrons. The zero-order valence-corrected chi connectivity index (χ0v) is 18.5. The molecule has 7 nitrogen and oxygen atoms in total. The Kier molecular flexibility index (Phi) is 6.18. The number of amides is 2. The molecule has 2 aromatic heterocycles. The fourth-order valence-electron chi connectivity index (χ4n) is 4.15. The van der Waals surface area contributed by atoms with Crippen molar-refractivity contribution in [1.29, 1.82) is 0 Å². The lowest BCUT2D eigenvalue weighted by atomic mass is 10.2. The molecule has 0 radical (unpaired) electrons. The Morgan fingerprint density at radius 2 is 1.74 bits per heavy atom. The predicted molar refractivity (Wildman–Crippen MR) is 124 cm³/mol. The number of nitrogens with one attached hydrogen (secondary N) is 1. The molecule has 0 atom stereocenters. The molecule has 9 heteroatoms. The number of rotatable bonds is 5. The number of fused-ring (bicyclic) bond motifs is 1. The summed E-state index contributed by atoms with van der Waals surface area (Å²) in [6.07, 6.45) is 1.70. The van der Waals surface area contributed by atoms with Gasteiger partial charge in [0.05, 0.1) is 12.2 Å². The van der Waals surface area contributed by atoms with E-state index in [4.69, 9.17) is 4.98 Å². The highest BCUT2D eigenvalue weighted by molar-refractivity contribution is 5.74. The van der Waals surface area contributed by atoms with Crippen LogP contribution < -0.4 is 5.32 Å². The van der Waals surface area contributed by atoms with E-state index >= 15 is 0 Å². The van der Waals surface area contributed by atoms with Gasteiger partial charge in [-0.15, -0.1) is 0 Å². The van der Waals surface area contributed by atoms with Crippen molar-refractivity contribution in [3.63, 3.8) is 0 Å². The van der Waals surface area contributed by atoms with E-state index in [1.165, 1.54) is 24.3 Å². The summed E-state index contributed by atoms with van der Waals surface area (Å²) >= 11 is 0. The Morgan fingerprint density at radius 3 is 2.50 bits per heavy atom. The Balaban J connectivity index is 1.24. The van der Waals surface area contributed by atoms with Crippen molar-refractivity contribution < 1.29 is 13.6 Å². The third kappa shape index (κ3) is 4.74. The molecule has 2 aromatic carbocycles. The fraction of sp³-hybridized carbons (Fsp3) is 0.240. The van der Waals surface area contributed by atoms with Crippen LogP contribution in [0, 0.1) is 11.6 Å². The summed E-state index contributed by atoms with van der Waals surface area (Å²) in [5, 5.41) is 2.89. The largest absolute Gasteiger partial charge is 0.334 e. The van der Waals surface area contributed by atoms with Gasteiger partial charge in [0.15, 0.2) is 5.65 Å². The highest BCUT2D eigenvalue weighted by Gasteiger charge is 2.23. The van der Waals surface area contributed by atoms with Crippen LogP contribution in [0.2, 0.25) is 0 Å². The lowest BCUT2D eigenvalue weighted by Crippen LogP contribution is -2.51. The molecule has 0 spiro atoms. The highest BCUT2D eigenvalue weighted by atomic mass is 19.1. The second kappa shape index (κ2) is 9.56. The van der Waals surface area contributed by atoms with Gasteiger partial charge in [-0.05, 0) is 48.0 Å². The van der Waals surface area contributed by atoms with Crippen LogP contribution in [-0.4, -0.2) is 56.5 Å². The minimum absolute atomic E-state index is 0.139. The predicted octanol–water partition coefficient (Wildman–Crippen LogP) is 3.73. The number of hydrogen-bond donors (Lipinski definition) is 1. The maximum Gasteiger partial charge on any atom is 0.317 e. The van der Waals surface area contributed by atoms with Crippen molar-refractivity contribution in [2.75, 3.05) is 26.2 Å². The zero-order chi connectivity index (χ0) is 23.5. The quantitative estimate of drug-likeness (QED) is 0.491. The van der Waals surface area contributed by atoms with Gasteiger partial charge in [0.1, 0.15) is 23.0 Å². The van der Waals surface area contributed by atoms with Gasteiger partial charge in [0, 0.05) is 38.9 Å². The number of urea groups is 1. The maximum absolute atomic E-state index is 13.9. The van der Waals surface area contributed by atoms with E-state index in [1.54, 1.807) is 29.3 Å². The third-order valence-corrected chi connectivity index (χ3v) is 5.93. The van der Waals surface area contributed by atoms with Gasteiger partial charge in [-0.2, -0.15) is 0 Å². The monoisotopic (exact) mass is 462 g/mol. The lowest BCUT2D eigenvalue weighted by Gasteiger charge is -2.34. The summed E-state index contributed by atoms with van der Waals surface area (Å²) in [7, 11) is 0. The number of pyridine rings is 1. The minimum Gasteiger partial charge on any atom is -0.334 e. The van der Waals surface area contributed by atoms with Crippen molar-refractivity contribution in [2.24, 2.45) is 0 Å². The minimum atomic E-state index is -0.318. The van der Waals surface area contributed by atoms with Crippen LogP contribution in [-0.2, 0) is 13.1 Å². The van der Waals surface area contributed by atoms with Crippen molar-refractivity contribution >= 4 is 17.2 Å². The van der Waals surface area contributed by atoms with E-state index in [-0.39, 0.29) is 17.7 Å². The third-order valence-electron chi connectivity index (χ3n) is 5.93. The number of nitrogens with zero attached hydrogens (tertiary/aromatic N) is 5. The molecule has 3 heterocycles. The number of hydrogen-bond acceptors (Lipinski definition) is 4. The molecule has 0 saturated carbocycles. The summed E-state index contributed by atoms with van der Waals surface area (Å²) in [6, 6.07) is 16.1. The molecule has 1 fully saturated rings. The molecule has 1 aliphatic rings. The van der Waals surface area contributed by atoms with Gasteiger partial charge in [-0.1, -0.05) is 18.2 Å². The fourth-order valence-corrected chi connectivity index (χ4v) is 4.15. The van der Waals surface area contributed by atoms with Gasteiger partial charge < -0.3 is 10.2 Å². The van der Waals surface area contributed by atoms with Crippen LogP contribution >= 0.6 is 0 Å². The van der Waals surface area contributed by atoms with Crippen molar-refractivity contribution in [3.8, 4) is 5.69 Å². The van der Waals surface area contributed by atoms with Crippen LogP contribution in [0.25, 0.3) is 16.9 Å². The standard InChI is InChI=1S/C25H24F2N6O/c26-19-8-6-18(7-9-19)16-29-25(34)32-13-11-31(12-14-32)17-23-30-22-5-2-10-28-24(22)33(23)21-4-1-3-20(27)15-21/h1-10,15H,11-14,16-17H2,(H,29,34). The van der Waals surface area contributed by atoms with Gasteiger partial charge in [-0.3, -0.25) is 9.47 Å². The maximum atomic E-state index is 13.9. The van der Waals surface area contributed by atoms with Crippen molar-refractivity contribution in [3.05, 3.63) is 89.9 Å². The average Bonchev–Trinajstić information content (AvgIpc) is 3.22. The zero-order valence-electron chi connectivity index (χ0n) is 18.5. The first kappa shape index (κ1) is 22.0. The Hall–Kier alpha value is -3.85. The smallest absolute Gasteiger partial charge is 0.317 e. The number of carbonyl (C=O) groups excluding carboxylic acids is 1. The Bertz CT molecular complexity index is 1300. The van der Waals surface area contributed by atoms with E-state index in [0.29, 0.717) is 50.6 Å². The lowest BCUT2D eigenvalue weighted by molar-refractivity contribution is 0.133. The molecule has 2 amide bonds. The molecule has 34 heavy (non-hydrogen) atoms. The summed E-state index contributed by atoms with van der Waals surface area (Å²) in [6.45, 7) is 3.43. The molecule has 0 unspecified atom stereocenters. The van der Waals surface area contributed by atoms with E-state index in [1.807, 2.05) is 22.8 Å². The van der Waals surface area contributed by atoms with E-state index in [2.05, 4.69) is 15.2 Å². The summed E-state index contributed by atoms with van der Waals surface area (Å²) in [4.78, 5) is 25.8. The van der Waals surface area contributed by atoms with E-state index in [0.717, 1.165) is 16.9 Å². The van der Waals surface area contributed by atoms with Crippen molar-refractivity contribution in [1.82, 2.24) is 29.7 Å². The SMILES string of the molecule is O=C(NCc1ccc(F)cc1)N1CCN(Cc2nc3cccnc3n2-c2cccc(F)c2)CC1. The first-order valence-corrected chi connectivity index (χ1v) is 11.1. The number of halogens is 2. The van der Waals surface area contributed by atoms with Gasteiger partial charge >= 0.3 is 6.03 Å². The molecule has 0 aliphatic carbocycles. The van der Waals surface area contributed by atoms with Gasteiger partial charge in [0.2, 0.25) is 0 Å². The van der Waals surface area contributed by atoms with E-state index < -0.39 is 0 Å². The molecular formula is C25H24F2N6O. The topological polar surface area (TPSA) is 66.3 Å². The van der Waals surface area contributed by atoms with Crippen LogP contribution in [0.1, 0.15) is 11.4 Å².